The molecule has 122 valence electrons. The summed E-state index contributed by atoms with van der Waals surface area (Å²) in [5, 5.41) is 2.76. The first-order valence-electron chi connectivity index (χ1n) is 7.39. The van der Waals surface area contributed by atoms with Gasteiger partial charge in [0.2, 0.25) is 0 Å². The minimum atomic E-state index is -0.427. The van der Waals surface area contributed by atoms with Gasteiger partial charge in [-0.1, -0.05) is 6.07 Å². The van der Waals surface area contributed by atoms with Crippen molar-refractivity contribution in [3.63, 3.8) is 0 Å². The van der Waals surface area contributed by atoms with E-state index >= 15 is 0 Å². The van der Waals surface area contributed by atoms with Gasteiger partial charge in [-0.15, -0.1) is 0 Å². The highest BCUT2D eigenvalue weighted by molar-refractivity contribution is 5.73. The Hall–Kier alpha value is -2.63. The minimum Gasteiger partial charge on any atom is -0.491 e. The van der Waals surface area contributed by atoms with Crippen molar-refractivity contribution < 1.29 is 13.9 Å². The van der Waals surface area contributed by atoms with Crippen LogP contribution in [0.3, 0.4) is 0 Å². The number of amides is 2. The van der Waals surface area contributed by atoms with Gasteiger partial charge in [0.15, 0.2) is 11.6 Å². The maximum atomic E-state index is 13.8. The molecule has 0 aliphatic carbocycles. The van der Waals surface area contributed by atoms with Crippen LogP contribution in [0, 0.1) is 5.82 Å². The van der Waals surface area contributed by atoms with Crippen molar-refractivity contribution in [2.45, 2.75) is 20.0 Å². The van der Waals surface area contributed by atoms with Crippen molar-refractivity contribution in [3.05, 3.63) is 59.7 Å². The summed E-state index contributed by atoms with van der Waals surface area (Å²) >= 11 is 0. The van der Waals surface area contributed by atoms with E-state index in [1.807, 2.05) is 12.1 Å². The molecule has 0 bridgehead atoms. The molecule has 2 amide bonds. The van der Waals surface area contributed by atoms with Gasteiger partial charge < -0.3 is 15.0 Å². The molecule has 5 nitrogen and oxygen atoms in total. The maximum Gasteiger partial charge on any atom is 0.317 e. The van der Waals surface area contributed by atoms with Gasteiger partial charge in [-0.05, 0) is 42.3 Å². The molecule has 0 aliphatic rings. The molecule has 0 unspecified atom stereocenters. The van der Waals surface area contributed by atoms with E-state index in [0.29, 0.717) is 18.7 Å². The van der Waals surface area contributed by atoms with Crippen LogP contribution in [0.2, 0.25) is 0 Å². The van der Waals surface area contributed by atoms with E-state index in [1.165, 1.54) is 6.07 Å². The van der Waals surface area contributed by atoms with Crippen molar-refractivity contribution in [2.24, 2.45) is 0 Å². The van der Waals surface area contributed by atoms with Crippen LogP contribution in [-0.2, 0) is 13.1 Å². The Morgan fingerprint density at radius 1 is 1.26 bits per heavy atom. The monoisotopic (exact) mass is 317 g/mol. The molecule has 0 radical (unpaired) electrons. The zero-order valence-corrected chi connectivity index (χ0v) is 13.3. The third-order valence-corrected chi connectivity index (χ3v) is 3.26. The fourth-order valence-electron chi connectivity index (χ4n) is 2.07. The van der Waals surface area contributed by atoms with Crippen LogP contribution < -0.4 is 10.1 Å². The average Bonchev–Trinajstić information content (AvgIpc) is 2.56. The standard InChI is InChI=1S/C17H20FN3O2/c1-3-23-16-5-4-14(10-15(16)18)11-20-17(22)21(2)12-13-6-8-19-9-7-13/h4-10H,3,11-12H2,1-2H3,(H,20,22). The summed E-state index contributed by atoms with van der Waals surface area (Å²) in [6.07, 6.45) is 3.37. The molecule has 6 heteroatoms. The van der Waals surface area contributed by atoms with Gasteiger partial charge in [0.25, 0.3) is 0 Å². The largest absolute Gasteiger partial charge is 0.491 e. The molecule has 0 fully saturated rings. The van der Waals surface area contributed by atoms with Gasteiger partial charge in [0.05, 0.1) is 6.61 Å². The molecule has 23 heavy (non-hydrogen) atoms. The highest BCUT2D eigenvalue weighted by atomic mass is 19.1. The number of pyridine rings is 1. The van der Waals surface area contributed by atoms with Crippen molar-refractivity contribution in [1.29, 1.82) is 0 Å². The van der Waals surface area contributed by atoms with Crippen LogP contribution in [0.25, 0.3) is 0 Å². The number of urea groups is 1. The van der Waals surface area contributed by atoms with Gasteiger partial charge in [-0.2, -0.15) is 0 Å². The van der Waals surface area contributed by atoms with Crippen molar-refractivity contribution >= 4 is 6.03 Å². The molecule has 0 aliphatic heterocycles. The topological polar surface area (TPSA) is 54.5 Å². The number of nitrogens with zero attached hydrogens (tertiary/aromatic N) is 2. The smallest absolute Gasteiger partial charge is 0.317 e. The Bertz CT molecular complexity index is 650. The highest BCUT2D eigenvalue weighted by Crippen LogP contribution is 2.18. The number of hydrogen-bond acceptors (Lipinski definition) is 3. The van der Waals surface area contributed by atoms with Gasteiger partial charge in [-0.25, -0.2) is 9.18 Å². The second-order valence-corrected chi connectivity index (χ2v) is 5.07. The number of nitrogens with one attached hydrogen (secondary N) is 1. The van der Waals surface area contributed by atoms with E-state index in [9.17, 15) is 9.18 Å². The number of hydrogen-bond donors (Lipinski definition) is 1. The summed E-state index contributed by atoms with van der Waals surface area (Å²) in [6, 6.07) is 8.15. The second-order valence-electron chi connectivity index (χ2n) is 5.07. The molecule has 0 saturated heterocycles. The highest BCUT2D eigenvalue weighted by Gasteiger charge is 2.10. The predicted molar refractivity (Wildman–Crippen MR) is 85.5 cm³/mol. The lowest BCUT2D eigenvalue weighted by molar-refractivity contribution is 0.206. The quantitative estimate of drug-likeness (QED) is 0.891. The van der Waals surface area contributed by atoms with E-state index in [2.05, 4.69) is 10.3 Å². The fraction of sp³-hybridized carbons (Fsp3) is 0.294. The summed E-state index contributed by atoms with van der Waals surface area (Å²) in [5.74, 6) is -0.207. The van der Waals surface area contributed by atoms with Crippen LogP contribution in [0.4, 0.5) is 9.18 Å². The lowest BCUT2D eigenvalue weighted by Gasteiger charge is -2.18. The van der Waals surface area contributed by atoms with Crippen molar-refractivity contribution in [1.82, 2.24) is 15.2 Å². The molecule has 0 saturated carbocycles. The number of aromatic nitrogens is 1. The number of carbonyl (C=O) groups is 1. The van der Waals surface area contributed by atoms with Gasteiger partial charge >= 0.3 is 6.03 Å². The van der Waals surface area contributed by atoms with Crippen LogP contribution in [0.1, 0.15) is 18.1 Å². The second kappa shape index (κ2) is 8.12. The van der Waals surface area contributed by atoms with Crippen molar-refractivity contribution in [3.8, 4) is 5.75 Å². The number of benzene rings is 1. The molecule has 1 heterocycles. The molecule has 0 atom stereocenters. The molecule has 0 spiro atoms. The van der Waals surface area contributed by atoms with Gasteiger partial charge in [0.1, 0.15) is 0 Å². The first kappa shape index (κ1) is 16.7. The third kappa shape index (κ3) is 4.95. The Morgan fingerprint density at radius 2 is 2.00 bits per heavy atom. The van der Waals surface area contributed by atoms with Gasteiger partial charge in [-0.3, -0.25) is 4.98 Å². The molecule has 2 rings (SSSR count). The zero-order chi connectivity index (χ0) is 16.7. The molecule has 1 aromatic heterocycles. The first-order chi connectivity index (χ1) is 11.1. The number of rotatable bonds is 6. The summed E-state index contributed by atoms with van der Waals surface area (Å²) in [7, 11) is 1.70. The first-order valence-corrected chi connectivity index (χ1v) is 7.39. The maximum absolute atomic E-state index is 13.8. The van der Waals surface area contributed by atoms with Crippen molar-refractivity contribution in [2.75, 3.05) is 13.7 Å². The summed E-state index contributed by atoms with van der Waals surface area (Å²) in [6.45, 7) is 2.94. The molecular formula is C17H20FN3O2. The lowest BCUT2D eigenvalue weighted by Crippen LogP contribution is -2.36. The minimum absolute atomic E-state index is 0.220. The summed E-state index contributed by atoms with van der Waals surface area (Å²) in [4.78, 5) is 17.5. The summed E-state index contributed by atoms with van der Waals surface area (Å²) in [5.41, 5.74) is 1.67. The van der Waals surface area contributed by atoms with E-state index in [1.54, 1.807) is 43.4 Å². The van der Waals surface area contributed by atoms with Crippen LogP contribution in [0.15, 0.2) is 42.7 Å². The Balaban J connectivity index is 1.87. The lowest BCUT2D eigenvalue weighted by atomic mass is 10.2. The van der Waals surface area contributed by atoms with Gasteiger partial charge in [0, 0.05) is 32.5 Å². The third-order valence-electron chi connectivity index (χ3n) is 3.26. The van der Waals surface area contributed by atoms with E-state index in [0.717, 1.165) is 5.56 Å². The number of carbonyl (C=O) groups excluding carboxylic acids is 1. The molecule has 1 aromatic carbocycles. The predicted octanol–water partition coefficient (Wildman–Crippen LogP) is 2.96. The molecule has 1 N–H and O–H groups in total. The number of halogens is 1. The zero-order valence-electron chi connectivity index (χ0n) is 13.3. The Labute approximate surface area is 135 Å². The van der Waals surface area contributed by atoms with E-state index in [4.69, 9.17) is 4.74 Å². The number of ether oxygens (including phenoxy) is 1. The van der Waals surface area contributed by atoms with E-state index in [-0.39, 0.29) is 18.3 Å². The average molecular weight is 317 g/mol. The van der Waals surface area contributed by atoms with E-state index < -0.39 is 5.82 Å². The van der Waals surface area contributed by atoms with Crippen LogP contribution >= 0.6 is 0 Å². The Morgan fingerprint density at radius 3 is 2.65 bits per heavy atom. The fourth-order valence-corrected chi connectivity index (χ4v) is 2.07. The van der Waals surface area contributed by atoms with Crippen LogP contribution in [-0.4, -0.2) is 29.6 Å². The summed E-state index contributed by atoms with van der Waals surface area (Å²) < 4.78 is 18.9. The normalized spacial score (nSPS) is 10.2. The van der Waals surface area contributed by atoms with Crippen LogP contribution in [0.5, 0.6) is 5.75 Å². The molecular weight excluding hydrogens is 297 g/mol. The SMILES string of the molecule is CCOc1ccc(CNC(=O)N(C)Cc2ccncc2)cc1F. The molecule has 2 aromatic rings. The Kier molecular flexibility index (Phi) is 5.91.